The Morgan fingerprint density at radius 2 is 0.827 bits per heavy atom. The summed E-state index contributed by atoms with van der Waals surface area (Å²) in [7, 11) is 0. The van der Waals surface area contributed by atoms with Crippen LogP contribution >= 0.6 is 0 Å². The normalized spacial score (nSPS) is 12.1. The molecule has 1 atom stereocenters. The molecule has 0 aromatic rings. The van der Waals surface area contributed by atoms with Gasteiger partial charge in [-0.15, -0.1) is 0 Å². The number of esters is 1. The van der Waals surface area contributed by atoms with Gasteiger partial charge in [0.2, 0.25) is 5.91 Å². The number of carbonyl (C=O) groups excluding carboxylic acids is 2. The average Bonchev–Trinajstić information content (AvgIpc) is 3.13. The van der Waals surface area contributed by atoms with Crippen molar-refractivity contribution < 1.29 is 19.4 Å². The Balaban J connectivity index is 4.00. The Labute approximate surface area is 325 Å². The zero-order valence-corrected chi connectivity index (χ0v) is 35.7. The maximum absolute atomic E-state index is 13.1. The lowest BCUT2D eigenvalue weighted by molar-refractivity contribution is -0.148. The van der Waals surface area contributed by atoms with E-state index in [1.54, 1.807) is 0 Å². The van der Waals surface area contributed by atoms with Gasteiger partial charge in [-0.2, -0.15) is 0 Å². The van der Waals surface area contributed by atoms with Crippen molar-refractivity contribution in [3.8, 4) is 0 Å². The van der Waals surface area contributed by atoms with Crippen LogP contribution in [0.4, 0.5) is 0 Å². The van der Waals surface area contributed by atoms with Gasteiger partial charge in [0, 0.05) is 32.5 Å². The van der Waals surface area contributed by atoms with E-state index in [9.17, 15) is 14.7 Å². The summed E-state index contributed by atoms with van der Waals surface area (Å²) in [5, 5.41) is 9.58. The fourth-order valence-electron chi connectivity index (χ4n) is 7.35. The second kappa shape index (κ2) is 41.0. The maximum Gasteiger partial charge on any atom is 0.306 e. The third-order valence-electron chi connectivity index (χ3n) is 10.8. The molecular weight excluding hydrogens is 645 g/mol. The number of aliphatic hydroxyl groups is 1. The quantitative estimate of drug-likeness (QED) is 0.0499. The fraction of sp³-hybridized carbons (Fsp3) is 0.957. The second-order valence-corrected chi connectivity index (χ2v) is 16.1. The molecule has 52 heavy (non-hydrogen) atoms. The van der Waals surface area contributed by atoms with E-state index >= 15 is 0 Å². The first-order valence-corrected chi connectivity index (χ1v) is 23.3. The van der Waals surface area contributed by atoms with Crippen molar-refractivity contribution in [2.24, 2.45) is 0 Å². The topological polar surface area (TPSA) is 70.1 Å². The fourth-order valence-corrected chi connectivity index (χ4v) is 7.35. The summed E-state index contributed by atoms with van der Waals surface area (Å²) in [6, 6.07) is 0. The molecule has 0 rings (SSSR count). The predicted molar refractivity (Wildman–Crippen MR) is 225 cm³/mol. The van der Waals surface area contributed by atoms with Crippen molar-refractivity contribution in [2.75, 3.05) is 39.3 Å². The van der Waals surface area contributed by atoms with E-state index in [2.05, 4.69) is 30.6 Å². The van der Waals surface area contributed by atoms with E-state index in [0.29, 0.717) is 18.7 Å². The largest absolute Gasteiger partial charge is 0.463 e. The Morgan fingerprint density at radius 1 is 0.462 bits per heavy atom. The van der Waals surface area contributed by atoms with Crippen molar-refractivity contribution in [1.29, 1.82) is 0 Å². The van der Waals surface area contributed by atoms with E-state index in [4.69, 9.17) is 4.74 Å². The molecule has 0 heterocycles. The number of hydrogen-bond acceptors (Lipinski definition) is 5. The van der Waals surface area contributed by atoms with Gasteiger partial charge in [0.25, 0.3) is 0 Å². The molecule has 0 aromatic heterocycles. The number of ether oxygens (including phenoxy) is 1. The second-order valence-electron chi connectivity index (χ2n) is 16.1. The van der Waals surface area contributed by atoms with Crippen LogP contribution in [0, 0.1) is 0 Å². The molecule has 1 amide bonds. The lowest BCUT2D eigenvalue weighted by Gasteiger charge is -2.23. The summed E-state index contributed by atoms with van der Waals surface area (Å²) in [6.07, 6.45) is 39.3. The van der Waals surface area contributed by atoms with E-state index < -0.39 is 0 Å². The van der Waals surface area contributed by atoms with Crippen molar-refractivity contribution in [2.45, 2.75) is 246 Å². The smallest absolute Gasteiger partial charge is 0.306 e. The van der Waals surface area contributed by atoms with E-state index in [1.807, 2.05) is 6.92 Å². The summed E-state index contributed by atoms with van der Waals surface area (Å²) < 4.78 is 5.65. The van der Waals surface area contributed by atoms with Crippen LogP contribution in [0.2, 0.25) is 0 Å². The molecular formula is C46H92N2O4. The molecule has 0 spiro atoms. The number of hydrogen-bond donors (Lipinski definition) is 1. The highest BCUT2D eigenvalue weighted by atomic mass is 16.5. The van der Waals surface area contributed by atoms with Crippen LogP contribution in [-0.4, -0.2) is 72.2 Å². The molecule has 0 saturated carbocycles. The molecule has 0 aliphatic rings. The minimum absolute atomic E-state index is 0.0262. The predicted octanol–water partition coefficient (Wildman–Crippen LogP) is 13.0. The van der Waals surface area contributed by atoms with Gasteiger partial charge in [0.15, 0.2) is 0 Å². The van der Waals surface area contributed by atoms with E-state index in [0.717, 1.165) is 103 Å². The Kier molecular flexibility index (Phi) is 40.1. The number of carbonyl (C=O) groups is 2. The summed E-state index contributed by atoms with van der Waals surface area (Å²) in [4.78, 5) is 30.0. The van der Waals surface area contributed by atoms with Crippen molar-refractivity contribution >= 4 is 11.9 Å². The van der Waals surface area contributed by atoms with Crippen molar-refractivity contribution in [3.63, 3.8) is 0 Å². The summed E-state index contributed by atoms with van der Waals surface area (Å²) >= 11 is 0. The molecule has 310 valence electrons. The first-order chi connectivity index (χ1) is 25.5. The van der Waals surface area contributed by atoms with Gasteiger partial charge in [0.1, 0.15) is 0 Å². The van der Waals surface area contributed by atoms with Crippen molar-refractivity contribution in [1.82, 2.24) is 9.80 Å². The van der Waals surface area contributed by atoms with Crippen molar-refractivity contribution in [3.05, 3.63) is 0 Å². The molecule has 6 heteroatoms. The van der Waals surface area contributed by atoms with Crippen LogP contribution in [0.25, 0.3) is 0 Å². The van der Waals surface area contributed by atoms with Gasteiger partial charge in [-0.25, -0.2) is 0 Å². The van der Waals surface area contributed by atoms with Crippen LogP contribution in [-0.2, 0) is 14.3 Å². The lowest BCUT2D eigenvalue weighted by atomic mass is 10.1. The monoisotopic (exact) mass is 737 g/mol. The highest BCUT2D eigenvalue weighted by Gasteiger charge is 2.13. The van der Waals surface area contributed by atoms with Crippen LogP contribution in [0.1, 0.15) is 240 Å². The van der Waals surface area contributed by atoms with Gasteiger partial charge < -0.3 is 19.6 Å². The third-order valence-corrected chi connectivity index (χ3v) is 10.8. The molecule has 0 saturated heterocycles. The molecule has 0 aromatic carbocycles. The molecule has 0 aliphatic carbocycles. The third kappa shape index (κ3) is 35.9. The first-order valence-electron chi connectivity index (χ1n) is 23.3. The number of aliphatic hydroxyl groups excluding tert-OH is 1. The van der Waals surface area contributed by atoms with Gasteiger partial charge in [-0.1, -0.05) is 168 Å². The van der Waals surface area contributed by atoms with E-state index in [-0.39, 0.29) is 18.7 Å². The zero-order valence-electron chi connectivity index (χ0n) is 35.7. The first kappa shape index (κ1) is 50.9. The summed E-state index contributed by atoms with van der Waals surface area (Å²) in [6.45, 7) is 13.8. The lowest BCUT2D eigenvalue weighted by Crippen LogP contribution is -2.32. The summed E-state index contributed by atoms with van der Waals surface area (Å²) in [5.41, 5.74) is 0. The molecule has 1 unspecified atom stereocenters. The molecule has 0 radical (unpaired) electrons. The number of rotatable bonds is 42. The Bertz CT molecular complexity index is 732. The molecule has 0 fully saturated rings. The minimum Gasteiger partial charge on any atom is -0.463 e. The molecule has 6 nitrogen and oxygen atoms in total. The number of amides is 1. The Morgan fingerprint density at radius 3 is 1.27 bits per heavy atom. The van der Waals surface area contributed by atoms with Gasteiger partial charge in [-0.3, -0.25) is 9.59 Å². The minimum atomic E-state index is -0.0262. The van der Waals surface area contributed by atoms with E-state index in [1.165, 1.54) is 128 Å². The van der Waals surface area contributed by atoms with Gasteiger partial charge in [-0.05, 0) is 71.4 Å². The average molecular weight is 737 g/mol. The van der Waals surface area contributed by atoms with Crippen LogP contribution in [0.5, 0.6) is 0 Å². The molecule has 1 N–H and O–H groups in total. The zero-order chi connectivity index (χ0) is 38.2. The highest BCUT2D eigenvalue weighted by Crippen LogP contribution is 2.15. The number of nitrogens with zero attached hydrogens (tertiary/aromatic N) is 2. The number of unbranched alkanes of at least 4 members (excludes halogenated alkanes) is 25. The van der Waals surface area contributed by atoms with Crippen LogP contribution < -0.4 is 0 Å². The Hall–Kier alpha value is -1.14. The molecule has 0 aliphatic heterocycles. The van der Waals surface area contributed by atoms with Gasteiger partial charge >= 0.3 is 5.97 Å². The standard InChI is InChI=1S/C46H92N2O4/c1-5-8-11-14-17-18-21-28-35-44(4)52-46(51)37-30-23-20-25-32-39-47(42-43-49)38-31-24-19-22-29-36-45(50)48(40-33-26-15-12-9-6-2)41-34-27-16-13-10-7-3/h44,49H,5-43H2,1-4H3. The van der Waals surface area contributed by atoms with Gasteiger partial charge in [0.05, 0.1) is 12.7 Å². The van der Waals surface area contributed by atoms with Crippen LogP contribution in [0.3, 0.4) is 0 Å². The highest BCUT2D eigenvalue weighted by molar-refractivity contribution is 5.76. The van der Waals surface area contributed by atoms with Crippen LogP contribution in [0.15, 0.2) is 0 Å². The maximum atomic E-state index is 13.1. The molecule has 0 bridgehead atoms. The summed E-state index contributed by atoms with van der Waals surface area (Å²) in [5.74, 6) is 0.358. The SMILES string of the molecule is CCCCCCCCCCC(C)OC(=O)CCCCCCCN(CCO)CCCCCCCC(=O)N(CCCCCCCC)CCCCCCCC.